The van der Waals surface area contributed by atoms with Gasteiger partial charge in [-0.15, -0.1) is 0 Å². The molecule has 17 rings (SSSR count). The van der Waals surface area contributed by atoms with Crippen LogP contribution in [0.2, 0.25) is 0 Å². The molecule has 2 aliphatic heterocycles. The van der Waals surface area contributed by atoms with Crippen molar-refractivity contribution >= 4 is 97.3 Å². The fraction of sp³-hybridized carbons (Fsp3) is 0.0111. The maximum absolute atomic E-state index is 16.7. The maximum Gasteiger partial charge on any atom is 0.171 e. The van der Waals surface area contributed by atoms with Crippen LogP contribution in [-0.4, -0.2) is 4.98 Å². The summed E-state index contributed by atoms with van der Waals surface area (Å²) in [5, 5.41) is 4.34. The van der Waals surface area contributed by atoms with Gasteiger partial charge in [-0.05, 0) is 113 Å². The molecule has 15 aromatic rings. The van der Waals surface area contributed by atoms with Gasteiger partial charge in [-0.3, -0.25) is 0 Å². The molecule has 14 aromatic carbocycles. The van der Waals surface area contributed by atoms with Crippen molar-refractivity contribution in [3.05, 3.63) is 399 Å². The van der Waals surface area contributed by atoms with Crippen molar-refractivity contribution in [3.8, 4) is 44.8 Å². The lowest BCUT2D eigenvalue weighted by molar-refractivity contribution is 0.591. The lowest BCUT2D eigenvalue weighted by Gasteiger charge is -2.41. The molecule has 0 saturated heterocycles. The molecule has 98 heavy (non-hydrogen) atoms. The highest BCUT2D eigenvalue weighted by Gasteiger charge is 2.38. The largest absolute Gasteiger partial charge is 0.310 e. The van der Waals surface area contributed by atoms with Crippen molar-refractivity contribution in [1.29, 1.82) is 0 Å². The molecule has 1 aromatic heterocycles. The number of hydrogen-bond donors (Lipinski definition) is 0. The first-order valence-electron chi connectivity index (χ1n) is 33.2. The lowest BCUT2D eigenvalue weighted by atomic mass is 9.77. The number of benzene rings is 14. The molecule has 0 atom stereocenters. The molecule has 0 unspecified atom stereocenters. The van der Waals surface area contributed by atoms with Gasteiger partial charge in [0.05, 0.1) is 51.2 Å². The van der Waals surface area contributed by atoms with Crippen LogP contribution < -0.4 is 46.5 Å². The van der Waals surface area contributed by atoms with Crippen LogP contribution in [0.4, 0.5) is 51.2 Å². The summed E-state index contributed by atoms with van der Waals surface area (Å²) in [7, 11) is -7.06. The van der Waals surface area contributed by atoms with Gasteiger partial charge in [0.1, 0.15) is 0 Å². The summed E-state index contributed by atoms with van der Waals surface area (Å²) < 4.78 is 33.4. The molecule has 0 saturated carbocycles. The first-order chi connectivity index (χ1) is 48.4. The number of nitrogens with zero attached hydrogens (tertiary/aromatic N) is 4. The highest BCUT2D eigenvalue weighted by atomic mass is 31.2. The van der Waals surface area contributed by atoms with Crippen LogP contribution in [0.3, 0.4) is 0 Å². The Morgan fingerprint density at radius 1 is 0.224 bits per heavy atom. The van der Waals surface area contributed by atoms with E-state index in [2.05, 4.69) is 257 Å². The molecule has 6 nitrogen and oxygen atoms in total. The molecule has 0 spiro atoms. The van der Waals surface area contributed by atoms with Gasteiger partial charge in [0.2, 0.25) is 0 Å². The van der Waals surface area contributed by atoms with E-state index in [0.29, 0.717) is 22.0 Å². The van der Waals surface area contributed by atoms with Gasteiger partial charge in [0.15, 0.2) is 14.3 Å². The summed E-state index contributed by atoms with van der Waals surface area (Å²) in [5.41, 5.74) is 19.3. The molecule has 0 radical (unpaired) electrons. The monoisotopic (exact) mass is 1290 g/mol. The van der Waals surface area contributed by atoms with E-state index in [4.69, 9.17) is 4.98 Å². The minimum atomic E-state index is -3.53. The summed E-state index contributed by atoms with van der Waals surface area (Å²) in [4.78, 5) is 13.4. The molecule has 0 N–H and O–H groups in total. The highest BCUT2D eigenvalue weighted by Crippen LogP contribution is 2.58. The molecule has 3 heterocycles. The maximum atomic E-state index is 16.7. The third kappa shape index (κ3) is 10.2. The van der Waals surface area contributed by atoms with Crippen molar-refractivity contribution in [3.63, 3.8) is 0 Å². The standard InChI is InChI=1S/C90H64N4O2P2/c95-97(68-39-11-3-12-40-68,69-41-13-4-14-42-69)72-47-31-33-64(61-72)79-63-80(74-49-19-20-50-75(74)88-76-51-21-24-54-81(76)92(66-35-7-1-8-36-66)82-55-25-22-52-77(82)88)89(65-34-32-48-73(62-65)98(96,70-43-15-5-16-44-70)71-45-17-6-18-46-71)91-90(79)78-53-23-26-56-83(78)94-86-59-29-27-57-84(86)93(67-37-9-2-10-38-67)85-58-28-30-60-87(85)94/h1-63,88H. The summed E-state index contributed by atoms with van der Waals surface area (Å²) in [6.07, 6.45) is 0. The van der Waals surface area contributed by atoms with Crippen LogP contribution in [0, 0.1) is 0 Å². The Hall–Kier alpha value is -11.9. The van der Waals surface area contributed by atoms with Crippen LogP contribution in [0.25, 0.3) is 44.8 Å². The smallest absolute Gasteiger partial charge is 0.171 e. The first kappa shape index (κ1) is 59.8. The average molecular weight is 1300 g/mol. The van der Waals surface area contributed by atoms with Crippen molar-refractivity contribution in [2.45, 2.75) is 5.92 Å². The average Bonchev–Trinajstić information content (AvgIpc) is 0.730. The van der Waals surface area contributed by atoms with E-state index >= 15 is 9.13 Å². The van der Waals surface area contributed by atoms with E-state index in [1.807, 2.05) is 140 Å². The third-order valence-corrected chi connectivity index (χ3v) is 25.3. The predicted octanol–water partition coefficient (Wildman–Crippen LogP) is 21.2. The molecule has 8 heteroatoms. The molecular formula is C90H64N4O2P2. The SMILES string of the molecule is O=P(c1ccccc1)(c1ccccc1)c1cccc(-c2cc(-c3ccccc3C3c4ccccc4N(c4ccccc4)c4ccccc43)c(-c3cccc(P(=O)(c4ccccc4)c4ccccc4)c3)nc2-c2ccccc2N2c3ccccc3N(c3ccccc3)c3ccccc32)c1. The van der Waals surface area contributed by atoms with Gasteiger partial charge in [0.25, 0.3) is 0 Å². The topological polar surface area (TPSA) is 56.8 Å². The quantitative estimate of drug-likeness (QED) is 0.101. The summed E-state index contributed by atoms with van der Waals surface area (Å²) >= 11 is 0. The number of anilines is 9. The van der Waals surface area contributed by atoms with Crippen LogP contribution in [0.15, 0.2) is 382 Å². The molecule has 0 bridgehead atoms. The molecule has 0 fully saturated rings. The zero-order valence-electron chi connectivity index (χ0n) is 53.5. The van der Waals surface area contributed by atoms with Crippen molar-refractivity contribution in [2.75, 3.05) is 14.7 Å². The summed E-state index contributed by atoms with van der Waals surface area (Å²) in [6, 6.07) is 132. The van der Waals surface area contributed by atoms with Crippen molar-refractivity contribution < 1.29 is 9.13 Å². The minimum absolute atomic E-state index is 0.237. The Kier molecular flexibility index (Phi) is 15.5. The molecule has 0 amide bonds. The van der Waals surface area contributed by atoms with Gasteiger partial charge in [-0.2, -0.15) is 0 Å². The number of fused-ring (bicyclic) bond motifs is 4. The zero-order valence-corrected chi connectivity index (χ0v) is 55.2. The summed E-state index contributed by atoms with van der Waals surface area (Å²) in [5.74, 6) is -0.237. The van der Waals surface area contributed by atoms with E-state index in [-0.39, 0.29) is 5.92 Å². The van der Waals surface area contributed by atoms with Crippen LogP contribution >= 0.6 is 14.3 Å². The second-order valence-corrected chi connectivity index (χ2v) is 30.3. The Morgan fingerprint density at radius 2 is 0.551 bits per heavy atom. The van der Waals surface area contributed by atoms with Gasteiger partial charge in [-0.25, -0.2) is 4.98 Å². The number of aromatic nitrogens is 1. The number of rotatable bonds is 14. The normalized spacial score (nSPS) is 12.7. The molecule has 2 aliphatic rings. The number of pyridine rings is 1. The van der Waals surface area contributed by atoms with E-state index in [0.717, 1.165) is 122 Å². The van der Waals surface area contributed by atoms with Crippen LogP contribution in [0.5, 0.6) is 0 Å². The highest BCUT2D eigenvalue weighted by molar-refractivity contribution is 7.85. The lowest BCUT2D eigenvalue weighted by Crippen LogP contribution is -2.25. The Balaban J connectivity index is 0.974. The first-order valence-corrected chi connectivity index (χ1v) is 36.6. The fourth-order valence-corrected chi connectivity index (χ4v) is 20.2. The van der Waals surface area contributed by atoms with Crippen molar-refractivity contribution in [1.82, 2.24) is 4.98 Å². The zero-order chi connectivity index (χ0) is 65.6. The third-order valence-electron chi connectivity index (χ3n) is 19.2. The predicted molar refractivity (Wildman–Crippen MR) is 410 cm³/mol. The molecule has 0 aliphatic carbocycles. The van der Waals surface area contributed by atoms with E-state index in [1.165, 1.54) is 0 Å². The van der Waals surface area contributed by atoms with Crippen molar-refractivity contribution in [2.24, 2.45) is 0 Å². The second kappa shape index (κ2) is 25.3. The molecule has 466 valence electrons. The number of hydrogen-bond acceptors (Lipinski definition) is 6. The van der Waals surface area contributed by atoms with E-state index in [9.17, 15) is 0 Å². The Bertz CT molecular complexity index is 5030. The van der Waals surface area contributed by atoms with Gasteiger partial charge in [0, 0.05) is 71.4 Å². The van der Waals surface area contributed by atoms with Gasteiger partial charge < -0.3 is 23.8 Å². The van der Waals surface area contributed by atoms with Gasteiger partial charge in [-0.1, -0.05) is 297 Å². The fourth-order valence-electron chi connectivity index (χ4n) is 14.8. The second-order valence-electron chi connectivity index (χ2n) is 24.8. The molecular weight excluding hydrogens is 1230 g/mol. The minimum Gasteiger partial charge on any atom is -0.310 e. The summed E-state index contributed by atoms with van der Waals surface area (Å²) in [6.45, 7) is 0. The Labute approximate surface area is 572 Å². The van der Waals surface area contributed by atoms with E-state index < -0.39 is 14.3 Å². The van der Waals surface area contributed by atoms with Crippen LogP contribution in [-0.2, 0) is 9.13 Å². The number of para-hydroxylation sites is 9. The van der Waals surface area contributed by atoms with Gasteiger partial charge >= 0.3 is 0 Å². The van der Waals surface area contributed by atoms with E-state index in [1.54, 1.807) is 0 Å². The van der Waals surface area contributed by atoms with Crippen LogP contribution in [0.1, 0.15) is 22.6 Å². The Morgan fingerprint density at radius 3 is 1.01 bits per heavy atom.